The molecule has 0 aromatic carbocycles. The molecule has 0 spiro atoms. The number of carbonyl (C=O) groups excluding carboxylic acids is 1. The van der Waals surface area contributed by atoms with E-state index in [0.717, 1.165) is 11.4 Å². The van der Waals surface area contributed by atoms with Crippen LogP contribution < -0.4 is 5.32 Å². The molecule has 21 heavy (non-hydrogen) atoms. The van der Waals surface area contributed by atoms with Crippen LogP contribution in [-0.4, -0.2) is 22.0 Å². The summed E-state index contributed by atoms with van der Waals surface area (Å²) < 4.78 is 0. The predicted octanol–water partition coefficient (Wildman–Crippen LogP) is 2.63. The molecule has 2 N–H and O–H groups in total. The van der Waals surface area contributed by atoms with Crippen molar-refractivity contribution in [3.8, 4) is 0 Å². The largest absolute Gasteiger partial charge is 0.481 e. The fourth-order valence-electron chi connectivity index (χ4n) is 2.92. The van der Waals surface area contributed by atoms with Crippen LogP contribution in [-0.2, 0) is 16.0 Å². The highest BCUT2D eigenvalue weighted by Crippen LogP contribution is 2.37. The Kier molecular flexibility index (Phi) is 4.98. The van der Waals surface area contributed by atoms with E-state index in [4.69, 9.17) is 0 Å². The van der Waals surface area contributed by atoms with Crippen LogP contribution in [0.15, 0.2) is 6.20 Å². The zero-order valence-corrected chi connectivity index (χ0v) is 13.4. The van der Waals surface area contributed by atoms with Crippen LogP contribution in [0.25, 0.3) is 0 Å². The molecule has 2 unspecified atom stereocenters. The molecule has 1 aromatic rings. The third-order valence-corrected chi connectivity index (χ3v) is 5.43. The lowest BCUT2D eigenvalue weighted by molar-refractivity contribution is -0.146. The van der Waals surface area contributed by atoms with Crippen LogP contribution in [0.4, 0.5) is 0 Å². The van der Waals surface area contributed by atoms with Crippen molar-refractivity contribution < 1.29 is 14.7 Å². The van der Waals surface area contributed by atoms with Gasteiger partial charge < -0.3 is 10.4 Å². The first-order valence-corrected chi connectivity index (χ1v) is 8.21. The van der Waals surface area contributed by atoms with Crippen LogP contribution in [0.5, 0.6) is 0 Å². The molecule has 4 atom stereocenters. The van der Waals surface area contributed by atoms with Gasteiger partial charge in [-0.15, -0.1) is 11.3 Å². The van der Waals surface area contributed by atoms with Crippen LogP contribution in [0.2, 0.25) is 0 Å². The summed E-state index contributed by atoms with van der Waals surface area (Å²) in [6.45, 7) is 5.96. The number of carboxylic acids is 1. The molecule has 116 valence electrons. The molecule has 2 rings (SSSR count). The predicted molar refractivity (Wildman–Crippen MR) is 81.1 cm³/mol. The third kappa shape index (κ3) is 3.61. The monoisotopic (exact) mass is 310 g/mol. The summed E-state index contributed by atoms with van der Waals surface area (Å²) in [5.41, 5.74) is 0. The van der Waals surface area contributed by atoms with Gasteiger partial charge in [-0.05, 0) is 32.1 Å². The molecule has 0 saturated heterocycles. The minimum Gasteiger partial charge on any atom is -0.481 e. The highest BCUT2D eigenvalue weighted by atomic mass is 32.1. The van der Waals surface area contributed by atoms with Crippen molar-refractivity contribution in [2.75, 3.05) is 0 Å². The van der Waals surface area contributed by atoms with E-state index >= 15 is 0 Å². The highest BCUT2D eigenvalue weighted by molar-refractivity contribution is 7.11. The number of carbonyl (C=O) groups is 2. The molecule has 1 fully saturated rings. The maximum absolute atomic E-state index is 12.4. The maximum Gasteiger partial charge on any atom is 0.307 e. The van der Waals surface area contributed by atoms with Gasteiger partial charge in [0.1, 0.15) is 5.01 Å². The van der Waals surface area contributed by atoms with E-state index in [1.54, 1.807) is 11.3 Å². The second kappa shape index (κ2) is 6.56. The number of hydrogen-bond acceptors (Lipinski definition) is 4. The lowest BCUT2D eigenvalue weighted by atomic mass is 9.95. The summed E-state index contributed by atoms with van der Waals surface area (Å²) in [4.78, 5) is 29.1. The van der Waals surface area contributed by atoms with Gasteiger partial charge >= 0.3 is 5.97 Å². The van der Waals surface area contributed by atoms with E-state index in [-0.39, 0.29) is 17.9 Å². The minimum absolute atomic E-state index is 0.160. The molecule has 1 heterocycles. The van der Waals surface area contributed by atoms with Crippen molar-refractivity contribution in [3.05, 3.63) is 16.1 Å². The Labute approximate surface area is 128 Å². The minimum atomic E-state index is -0.866. The van der Waals surface area contributed by atoms with Gasteiger partial charge in [-0.1, -0.05) is 13.8 Å². The van der Waals surface area contributed by atoms with Gasteiger partial charge in [0, 0.05) is 11.1 Å². The summed E-state index contributed by atoms with van der Waals surface area (Å²) in [6, 6.07) is -0.173. The van der Waals surface area contributed by atoms with Crippen molar-refractivity contribution in [3.63, 3.8) is 0 Å². The fourth-order valence-corrected chi connectivity index (χ4v) is 3.78. The van der Waals surface area contributed by atoms with Crippen LogP contribution in [0.3, 0.4) is 0 Å². The van der Waals surface area contributed by atoms with E-state index in [0.29, 0.717) is 12.8 Å². The molecule has 1 amide bonds. The molecule has 0 bridgehead atoms. The number of aliphatic carboxylic acids is 1. The van der Waals surface area contributed by atoms with Crippen molar-refractivity contribution in [1.82, 2.24) is 10.3 Å². The topological polar surface area (TPSA) is 79.3 Å². The molecule has 5 nitrogen and oxygen atoms in total. The molecular formula is C15H22N2O3S. The molecule has 0 aliphatic heterocycles. The second-order valence-corrected chi connectivity index (χ2v) is 7.02. The average molecular weight is 310 g/mol. The molecular weight excluding hydrogens is 288 g/mol. The number of thiazole rings is 1. The number of aryl methyl sites for hydroxylation is 1. The second-order valence-electron chi connectivity index (χ2n) is 5.88. The molecule has 1 saturated carbocycles. The van der Waals surface area contributed by atoms with Crippen molar-refractivity contribution >= 4 is 23.2 Å². The van der Waals surface area contributed by atoms with E-state index in [2.05, 4.69) is 17.2 Å². The summed E-state index contributed by atoms with van der Waals surface area (Å²) in [5, 5.41) is 13.0. The SMILES string of the molecule is CCc1cnc(C(C)NC(=O)[C@H]2CC(C)C[C@H]2C(=O)O)s1. The maximum atomic E-state index is 12.4. The first-order chi connectivity index (χ1) is 9.92. The smallest absolute Gasteiger partial charge is 0.307 e. The lowest BCUT2D eigenvalue weighted by Gasteiger charge is -2.18. The van der Waals surface area contributed by atoms with Gasteiger partial charge in [0.2, 0.25) is 5.91 Å². The quantitative estimate of drug-likeness (QED) is 0.876. The van der Waals surface area contributed by atoms with Crippen LogP contribution in [0, 0.1) is 17.8 Å². The average Bonchev–Trinajstić information content (AvgIpc) is 3.04. The number of amides is 1. The fraction of sp³-hybridized carbons (Fsp3) is 0.667. The Bertz CT molecular complexity index is 529. The summed E-state index contributed by atoms with van der Waals surface area (Å²) in [7, 11) is 0. The number of nitrogens with one attached hydrogen (secondary N) is 1. The highest BCUT2D eigenvalue weighted by Gasteiger charge is 2.41. The van der Waals surface area contributed by atoms with Crippen molar-refractivity contribution in [1.29, 1.82) is 0 Å². The number of aromatic nitrogens is 1. The first kappa shape index (κ1) is 15.9. The lowest BCUT2D eigenvalue weighted by Crippen LogP contribution is -2.36. The molecule has 1 aliphatic rings. The first-order valence-electron chi connectivity index (χ1n) is 7.40. The normalized spacial score (nSPS) is 26.5. The number of carboxylic acid groups (broad SMARTS) is 1. The number of hydrogen-bond donors (Lipinski definition) is 2. The molecule has 1 aliphatic carbocycles. The summed E-state index contributed by atoms with van der Waals surface area (Å²) >= 11 is 1.59. The Morgan fingerprint density at radius 3 is 2.71 bits per heavy atom. The Balaban J connectivity index is 2.01. The molecule has 1 aromatic heterocycles. The molecule has 6 heteroatoms. The standard InChI is InChI=1S/C15H22N2O3S/c1-4-10-7-16-14(21-10)9(3)17-13(18)11-5-8(2)6-12(11)15(19)20/h7-9,11-12H,4-6H2,1-3H3,(H,17,18)(H,19,20)/t8?,9?,11-,12+/m0/s1. The molecule has 0 radical (unpaired) electrons. The van der Waals surface area contributed by atoms with Gasteiger partial charge in [-0.25, -0.2) is 4.98 Å². The van der Waals surface area contributed by atoms with Crippen LogP contribution >= 0.6 is 11.3 Å². The third-order valence-electron chi connectivity index (χ3n) is 4.10. The summed E-state index contributed by atoms with van der Waals surface area (Å²) in [5.74, 6) is -1.73. The Morgan fingerprint density at radius 1 is 1.48 bits per heavy atom. The van der Waals surface area contributed by atoms with Gasteiger partial charge in [-0.3, -0.25) is 9.59 Å². The number of nitrogens with zero attached hydrogens (tertiary/aromatic N) is 1. The van der Waals surface area contributed by atoms with Crippen molar-refractivity contribution in [2.45, 2.75) is 46.1 Å². The van der Waals surface area contributed by atoms with E-state index < -0.39 is 17.8 Å². The van der Waals surface area contributed by atoms with E-state index in [1.807, 2.05) is 20.0 Å². The zero-order chi connectivity index (χ0) is 15.6. The van der Waals surface area contributed by atoms with Gasteiger partial charge in [0.05, 0.1) is 17.9 Å². The van der Waals surface area contributed by atoms with Crippen LogP contribution in [0.1, 0.15) is 49.5 Å². The van der Waals surface area contributed by atoms with E-state index in [9.17, 15) is 14.7 Å². The van der Waals surface area contributed by atoms with Crippen molar-refractivity contribution in [2.24, 2.45) is 17.8 Å². The zero-order valence-electron chi connectivity index (χ0n) is 12.6. The Hall–Kier alpha value is -1.43. The Morgan fingerprint density at radius 2 is 2.14 bits per heavy atom. The number of rotatable bonds is 5. The van der Waals surface area contributed by atoms with Gasteiger partial charge in [0.25, 0.3) is 0 Å². The van der Waals surface area contributed by atoms with Gasteiger partial charge in [0.15, 0.2) is 0 Å². The summed E-state index contributed by atoms with van der Waals surface area (Å²) in [6.07, 6.45) is 3.99. The van der Waals surface area contributed by atoms with Gasteiger partial charge in [-0.2, -0.15) is 0 Å². The van der Waals surface area contributed by atoms with E-state index in [1.165, 1.54) is 4.88 Å².